The van der Waals surface area contributed by atoms with E-state index in [4.69, 9.17) is 0 Å². The van der Waals surface area contributed by atoms with E-state index in [1.165, 1.54) is 19.2 Å². The van der Waals surface area contributed by atoms with E-state index in [1.807, 2.05) is 19.9 Å². The minimum absolute atomic E-state index is 0.0617. The summed E-state index contributed by atoms with van der Waals surface area (Å²) < 4.78 is 26.9. The van der Waals surface area contributed by atoms with Crippen LogP contribution in [0.3, 0.4) is 0 Å². The van der Waals surface area contributed by atoms with Gasteiger partial charge in [-0.05, 0) is 49.6 Å². The van der Waals surface area contributed by atoms with Gasteiger partial charge in [0.15, 0.2) is 0 Å². The van der Waals surface area contributed by atoms with Crippen LogP contribution in [0, 0.1) is 30.9 Å². The molecular formula is C16H18N2O4S. The van der Waals surface area contributed by atoms with Crippen LogP contribution in [0.25, 0.3) is 0 Å². The van der Waals surface area contributed by atoms with Gasteiger partial charge in [0, 0.05) is 19.2 Å². The van der Waals surface area contributed by atoms with Gasteiger partial charge < -0.3 is 0 Å². The van der Waals surface area contributed by atoms with E-state index in [1.54, 1.807) is 19.1 Å². The number of anilines is 1. The summed E-state index contributed by atoms with van der Waals surface area (Å²) >= 11 is 0. The number of hydrogen-bond donors (Lipinski definition) is 0. The Morgan fingerprint density at radius 1 is 1.00 bits per heavy atom. The zero-order valence-corrected chi connectivity index (χ0v) is 14.2. The molecule has 0 amide bonds. The van der Waals surface area contributed by atoms with Crippen molar-refractivity contribution in [2.45, 2.75) is 25.7 Å². The zero-order chi connectivity index (χ0) is 17.4. The van der Waals surface area contributed by atoms with Gasteiger partial charge in [-0.15, -0.1) is 0 Å². The van der Waals surface area contributed by atoms with Crippen molar-refractivity contribution in [3.8, 4) is 0 Å². The van der Waals surface area contributed by atoms with E-state index in [9.17, 15) is 18.5 Å². The number of nitrogens with zero attached hydrogens (tertiary/aromatic N) is 2. The molecule has 0 saturated heterocycles. The smallest absolute Gasteiger partial charge is 0.269 e. The molecule has 0 unspecified atom stereocenters. The van der Waals surface area contributed by atoms with Gasteiger partial charge in [-0.1, -0.05) is 12.1 Å². The molecule has 2 aromatic carbocycles. The minimum Gasteiger partial charge on any atom is -0.269 e. The summed E-state index contributed by atoms with van der Waals surface area (Å²) in [6, 6.07) is 9.31. The van der Waals surface area contributed by atoms with Crippen LogP contribution in [0.1, 0.15) is 16.7 Å². The van der Waals surface area contributed by atoms with E-state index in [0.29, 0.717) is 11.3 Å². The quantitative estimate of drug-likeness (QED) is 0.634. The fourth-order valence-corrected chi connectivity index (χ4v) is 3.82. The highest BCUT2D eigenvalue weighted by Crippen LogP contribution is 2.28. The van der Waals surface area contributed by atoms with Crippen molar-refractivity contribution in [3.05, 3.63) is 63.2 Å². The van der Waals surface area contributed by atoms with E-state index in [-0.39, 0.29) is 10.6 Å². The monoisotopic (exact) mass is 334 g/mol. The van der Waals surface area contributed by atoms with Crippen LogP contribution in [-0.2, 0) is 10.0 Å². The van der Waals surface area contributed by atoms with Crippen molar-refractivity contribution in [3.63, 3.8) is 0 Å². The van der Waals surface area contributed by atoms with Crippen molar-refractivity contribution >= 4 is 21.4 Å². The predicted octanol–water partition coefficient (Wildman–Crippen LogP) is 3.35. The Morgan fingerprint density at radius 2 is 1.57 bits per heavy atom. The molecule has 0 fully saturated rings. The highest BCUT2D eigenvalue weighted by atomic mass is 32.2. The number of rotatable bonds is 4. The zero-order valence-electron chi connectivity index (χ0n) is 13.4. The van der Waals surface area contributed by atoms with Crippen molar-refractivity contribution in [2.24, 2.45) is 0 Å². The normalized spacial score (nSPS) is 11.3. The molecule has 0 saturated carbocycles. The highest BCUT2D eigenvalue weighted by Gasteiger charge is 2.25. The van der Waals surface area contributed by atoms with Crippen LogP contribution >= 0.6 is 0 Å². The van der Waals surface area contributed by atoms with Gasteiger partial charge in [0.25, 0.3) is 15.7 Å². The Morgan fingerprint density at radius 3 is 2.09 bits per heavy atom. The molecule has 0 aliphatic carbocycles. The van der Waals surface area contributed by atoms with Crippen LogP contribution in [0.4, 0.5) is 11.4 Å². The molecule has 2 rings (SSSR count). The second-order valence-electron chi connectivity index (χ2n) is 5.53. The van der Waals surface area contributed by atoms with Gasteiger partial charge in [0.05, 0.1) is 15.5 Å². The Balaban J connectivity index is 2.57. The summed E-state index contributed by atoms with van der Waals surface area (Å²) in [6.07, 6.45) is 0. The maximum absolute atomic E-state index is 12.9. The predicted molar refractivity (Wildman–Crippen MR) is 89.3 cm³/mol. The Bertz CT molecular complexity index is 855. The minimum atomic E-state index is -3.88. The lowest BCUT2D eigenvalue weighted by Gasteiger charge is -2.21. The highest BCUT2D eigenvalue weighted by molar-refractivity contribution is 7.92. The summed E-state index contributed by atoms with van der Waals surface area (Å²) in [4.78, 5) is 10.3. The molecule has 6 nitrogen and oxygen atoms in total. The first-order chi connectivity index (χ1) is 10.6. The summed E-state index contributed by atoms with van der Waals surface area (Å²) in [5.41, 5.74) is 2.62. The van der Waals surface area contributed by atoms with E-state index >= 15 is 0 Å². The number of aryl methyl sites for hydroxylation is 3. The fourth-order valence-electron chi connectivity index (χ4n) is 2.40. The molecule has 0 heterocycles. The molecule has 0 bridgehead atoms. The third-order valence-corrected chi connectivity index (χ3v) is 5.52. The Labute approximate surface area is 135 Å². The molecule has 0 aromatic heterocycles. The van der Waals surface area contributed by atoms with Gasteiger partial charge >= 0.3 is 0 Å². The third-order valence-electron chi connectivity index (χ3n) is 3.59. The third kappa shape index (κ3) is 3.34. The van der Waals surface area contributed by atoms with Gasteiger partial charge in [0.1, 0.15) is 0 Å². The van der Waals surface area contributed by atoms with Crippen LogP contribution in [0.5, 0.6) is 0 Å². The first kappa shape index (κ1) is 17.0. The number of hydrogen-bond acceptors (Lipinski definition) is 4. The van der Waals surface area contributed by atoms with Crippen molar-refractivity contribution in [1.82, 2.24) is 0 Å². The van der Waals surface area contributed by atoms with Crippen LogP contribution in [0.15, 0.2) is 41.3 Å². The van der Waals surface area contributed by atoms with Gasteiger partial charge in [-0.3, -0.25) is 14.4 Å². The Kier molecular flexibility index (Phi) is 4.42. The van der Waals surface area contributed by atoms with Crippen LogP contribution in [-0.4, -0.2) is 20.4 Å². The number of sulfonamides is 1. The first-order valence-corrected chi connectivity index (χ1v) is 8.39. The first-order valence-electron chi connectivity index (χ1n) is 6.95. The lowest BCUT2D eigenvalue weighted by atomic mass is 10.1. The molecule has 0 radical (unpaired) electrons. The van der Waals surface area contributed by atoms with Crippen molar-refractivity contribution in [2.75, 3.05) is 11.4 Å². The molecule has 122 valence electrons. The van der Waals surface area contributed by atoms with Gasteiger partial charge in [-0.2, -0.15) is 0 Å². The number of non-ortho nitro benzene ring substituents is 1. The van der Waals surface area contributed by atoms with E-state index < -0.39 is 14.9 Å². The van der Waals surface area contributed by atoms with E-state index in [0.717, 1.165) is 21.5 Å². The maximum Gasteiger partial charge on any atom is 0.270 e. The topological polar surface area (TPSA) is 80.5 Å². The number of nitro groups is 1. The molecule has 2 aromatic rings. The second kappa shape index (κ2) is 6.00. The molecule has 0 N–H and O–H groups in total. The maximum atomic E-state index is 12.9. The summed E-state index contributed by atoms with van der Waals surface area (Å²) in [5.74, 6) is 0. The van der Waals surface area contributed by atoms with Crippen LogP contribution in [0.2, 0.25) is 0 Å². The molecule has 0 aliphatic rings. The van der Waals surface area contributed by atoms with E-state index in [2.05, 4.69) is 0 Å². The Hall–Kier alpha value is -2.41. The SMILES string of the molecule is Cc1cc(C)cc(N(C)S(=O)(=O)c2cc([N+](=O)[O-])ccc2C)c1. The fraction of sp³-hybridized carbons (Fsp3) is 0.250. The van der Waals surface area contributed by atoms with Crippen molar-refractivity contribution < 1.29 is 13.3 Å². The number of benzene rings is 2. The number of nitro benzene ring substituents is 1. The molecule has 0 atom stereocenters. The lowest BCUT2D eigenvalue weighted by molar-refractivity contribution is -0.385. The van der Waals surface area contributed by atoms with Gasteiger partial charge in [-0.25, -0.2) is 8.42 Å². The summed E-state index contributed by atoms with van der Waals surface area (Å²) in [6.45, 7) is 5.39. The van der Waals surface area contributed by atoms with Gasteiger partial charge in [0.2, 0.25) is 0 Å². The van der Waals surface area contributed by atoms with Crippen molar-refractivity contribution in [1.29, 1.82) is 0 Å². The molecular weight excluding hydrogens is 316 g/mol. The molecule has 0 aliphatic heterocycles. The average molecular weight is 334 g/mol. The molecule has 23 heavy (non-hydrogen) atoms. The van der Waals surface area contributed by atoms with Crippen LogP contribution < -0.4 is 4.31 Å². The summed E-state index contributed by atoms with van der Waals surface area (Å²) in [5, 5.41) is 10.9. The average Bonchev–Trinajstić information content (AvgIpc) is 2.45. The largest absolute Gasteiger partial charge is 0.270 e. The second-order valence-corrected chi connectivity index (χ2v) is 7.46. The summed E-state index contributed by atoms with van der Waals surface area (Å²) in [7, 11) is -2.44. The standard InChI is InChI=1S/C16H18N2O4S/c1-11-7-12(2)9-15(8-11)17(4)23(21,22)16-10-14(18(19)20)6-5-13(16)3/h5-10H,1-4H3. The lowest BCUT2D eigenvalue weighted by Crippen LogP contribution is -2.27. The molecule has 0 spiro atoms. The molecule has 7 heteroatoms.